The molecule has 70 valence electrons. The summed E-state index contributed by atoms with van der Waals surface area (Å²) in [5, 5.41) is 0. The first-order valence-corrected chi connectivity index (χ1v) is 4.85. The Morgan fingerprint density at radius 2 is 2.23 bits per heavy atom. The van der Waals surface area contributed by atoms with Gasteiger partial charge in [0, 0.05) is 10.6 Å². The van der Waals surface area contributed by atoms with Gasteiger partial charge in [-0.1, -0.05) is 6.07 Å². The number of anilines is 1. The van der Waals surface area contributed by atoms with Crippen molar-refractivity contribution in [2.75, 3.05) is 11.5 Å². The van der Waals surface area contributed by atoms with E-state index in [1.54, 1.807) is 0 Å². The fourth-order valence-electron chi connectivity index (χ4n) is 0.948. The Hall–Kier alpha value is -1.16. The number of benzene rings is 1. The first kappa shape index (κ1) is 9.92. The molecule has 0 aliphatic carbocycles. The number of primary amides is 1. The Labute approximate surface area is 81.5 Å². The third-order valence-electron chi connectivity index (χ3n) is 1.54. The minimum absolute atomic E-state index is 0.271. The van der Waals surface area contributed by atoms with Crippen molar-refractivity contribution in [1.29, 1.82) is 0 Å². The van der Waals surface area contributed by atoms with E-state index in [0.29, 0.717) is 5.69 Å². The lowest BCUT2D eigenvalue weighted by molar-refractivity contribution is -0.115. The molecule has 0 atom stereocenters. The first-order valence-electron chi connectivity index (χ1n) is 3.87. The van der Waals surface area contributed by atoms with Crippen LogP contribution in [-0.2, 0) is 4.79 Å². The summed E-state index contributed by atoms with van der Waals surface area (Å²) in [4.78, 5) is 11.4. The Morgan fingerprint density at radius 1 is 1.54 bits per heavy atom. The number of nitrogen functional groups attached to an aromatic ring is 1. The van der Waals surface area contributed by atoms with Crippen LogP contribution in [0.4, 0.5) is 5.69 Å². The average Bonchev–Trinajstić information content (AvgIpc) is 2.02. The van der Waals surface area contributed by atoms with E-state index in [4.69, 9.17) is 11.5 Å². The molecule has 1 aromatic carbocycles. The molecule has 0 bridgehead atoms. The van der Waals surface area contributed by atoms with Crippen molar-refractivity contribution >= 4 is 23.4 Å². The number of amides is 1. The molecule has 0 radical (unpaired) electrons. The summed E-state index contributed by atoms with van der Waals surface area (Å²) in [5.74, 6) is -0.0576. The summed E-state index contributed by atoms with van der Waals surface area (Å²) < 4.78 is 0. The van der Waals surface area contributed by atoms with Gasteiger partial charge >= 0.3 is 0 Å². The molecular formula is C9H12N2OS. The highest BCUT2D eigenvalue weighted by atomic mass is 32.2. The molecule has 0 heterocycles. The van der Waals surface area contributed by atoms with Gasteiger partial charge in [0.15, 0.2) is 0 Å². The Morgan fingerprint density at radius 3 is 2.77 bits per heavy atom. The van der Waals surface area contributed by atoms with Crippen LogP contribution in [0.2, 0.25) is 0 Å². The predicted molar refractivity (Wildman–Crippen MR) is 55.5 cm³/mol. The van der Waals surface area contributed by atoms with Crippen molar-refractivity contribution in [3.8, 4) is 0 Å². The maximum atomic E-state index is 10.5. The van der Waals surface area contributed by atoms with Crippen LogP contribution in [-0.4, -0.2) is 11.7 Å². The molecule has 0 saturated heterocycles. The van der Waals surface area contributed by atoms with Crippen LogP contribution in [0, 0.1) is 6.92 Å². The molecule has 1 amide bonds. The first-order chi connectivity index (χ1) is 6.09. The summed E-state index contributed by atoms with van der Waals surface area (Å²) in [6.45, 7) is 1.97. The molecule has 0 aromatic heterocycles. The van der Waals surface area contributed by atoms with Crippen molar-refractivity contribution < 1.29 is 4.79 Å². The summed E-state index contributed by atoms with van der Waals surface area (Å²) in [5.41, 5.74) is 12.6. The number of hydrogen-bond acceptors (Lipinski definition) is 3. The highest BCUT2D eigenvalue weighted by molar-refractivity contribution is 8.00. The summed E-state index contributed by atoms with van der Waals surface area (Å²) in [7, 11) is 0. The number of nitrogens with two attached hydrogens (primary N) is 2. The number of carbonyl (C=O) groups is 1. The highest BCUT2D eigenvalue weighted by Gasteiger charge is 2.01. The van der Waals surface area contributed by atoms with Gasteiger partial charge in [0.25, 0.3) is 0 Å². The molecule has 4 N–H and O–H groups in total. The van der Waals surface area contributed by atoms with Crippen LogP contribution in [0.1, 0.15) is 5.56 Å². The lowest BCUT2D eigenvalue weighted by Crippen LogP contribution is -2.13. The van der Waals surface area contributed by atoms with Crippen LogP contribution in [0.5, 0.6) is 0 Å². The lowest BCUT2D eigenvalue weighted by atomic mass is 10.2. The van der Waals surface area contributed by atoms with E-state index in [0.717, 1.165) is 10.5 Å². The summed E-state index contributed by atoms with van der Waals surface area (Å²) >= 11 is 1.36. The SMILES string of the molecule is Cc1ccc(SCC(N)=O)c(N)c1. The Kier molecular flexibility index (Phi) is 3.19. The number of hydrogen-bond donors (Lipinski definition) is 2. The second-order valence-electron chi connectivity index (χ2n) is 2.80. The van der Waals surface area contributed by atoms with E-state index in [1.807, 2.05) is 25.1 Å². The summed E-state index contributed by atoms with van der Waals surface area (Å²) in [6, 6.07) is 5.74. The molecule has 13 heavy (non-hydrogen) atoms. The normalized spacial score (nSPS) is 9.92. The van der Waals surface area contributed by atoms with Crippen LogP contribution >= 0.6 is 11.8 Å². The highest BCUT2D eigenvalue weighted by Crippen LogP contribution is 2.25. The molecule has 0 aliphatic rings. The van der Waals surface area contributed by atoms with Crippen LogP contribution in [0.3, 0.4) is 0 Å². The van der Waals surface area contributed by atoms with Gasteiger partial charge in [-0.2, -0.15) is 0 Å². The van der Waals surface area contributed by atoms with Crippen LogP contribution in [0.25, 0.3) is 0 Å². The molecule has 0 spiro atoms. The van der Waals surface area contributed by atoms with Gasteiger partial charge in [-0.25, -0.2) is 0 Å². The molecule has 3 nitrogen and oxygen atoms in total. The van der Waals surface area contributed by atoms with E-state index in [-0.39, 0.29) is 11.7 Å². The fourth-order valence-corrected chi connectivity index (χ4v) is 1.64. The number of thioether (sulfide) groups is 1. The smallest absolute Gasteiger partial charge is 0.227 e. The maximum Gasteiger partial charge on any atom is 0.227 e. The third kappa shape index (κ3) is 2.99. The zero-order chi connectivity index (χ0) is 9.84. The zero-order valence-corrected chi connectivity index (χ0v) is 8.23. The van der Waals surface area contributed by atoms with E-state index in [2.05, 4.69) is 0 Å². The third-order valence-corrected chi connectivity index (χ3v) is 2.65. The van der Waals surface area contributed by atoms with Gasteiger partial charge in [-0.3, -0.25) is 4.79 Å². The zero-order valence-electron chi connectivity index (χ0n) is 7.41. The summed E-state index contributed by atoms with van der Waals surface area (Å²) in [6.07, 6.45) is 0. The molecule has 1 rings (SSSR count). The standard InChI is InChI=1S/C9H12N2OS/c1-6-2-3-8(7(10)4-6)13-5-9(11)12/h2-4H,5,10H2,1H3,(H2,11,12). The molecule has 1 aromatic rings. The van der Waals surface area contributed by atoms with Crippen molar-refractivity contribution in [2.24, 2.45) is 5.73 Å². The minimum Gasteiger partial charge on any atom is -0.398 e. The van der Waals surface area contributed by atoms with E-state index in [9.17, 15) is 4.79 Å². The second-order valence-corrected chi connectivity index (χ2v) is 3.81. The molecule has 0 aliphatic heterocycles. The monoisotopic (exact) mass is 196 g/mol. The molecule has 4 heteroatoms. The van der Waals surface area contributed by atoms with E-state index < -0.39 is 0 Å². The second kappa shape index (κ2) is 4.18. The van der Waals surface area contributed by atoms with Crippen molar-refractivity contribution in [1.82, 2.24) is 0 Å². The van der Waals surface area contributed by atoms with Crippen LogP contribution < -0.4 is 11.5 Å². The van der Waals surface area contributed by atoms with E-state index >= 15 is 0 Å². The van der Waals surface area contributed by atoms with Gasteiger partial charge < -0.3 is 11.5 Å². The van der Waals surface area contributed by atoms with E-state index in [1.165, 1.54) is 11.8 Å². The minimum atomic E-state index is -0.329. The van der Waals surface area contributed by atoms with Gasteiger partial charge in [-0.15, -0.1) is 11.8 Å². The molecule has 0 fully saturated rings. The molecule has 0 unspecified atom stereocenters. The number of aryl methyl sites for hydroxylation is 1. The lowest BCUT2D eigenvalue weighted by Gasteiger charge is -2.04. The number of carbonyl (C=O) groups excluding carboxylic acids is 1. The largest absolute Gasteiger partial charge is 0.398 e. The average molecular weight is 196 g/mol. The van der Waals surface area contributed by atoms with Crippen molar-refractivity contribution in [3.63, 3.8) is 0 Å². The van der Waals surface area contributed by atoms with Gasteiger partial charge in [-0.05, 0) is 24.6 Å². The topological polar surface area (TPSA) is 69.1 Å². The fraction of sp³-hybridized carbons (Fsp3) is 0.222. The van der Waals surface area contributed by atoms with Gasteiger partial charge in [0.05, 0.1) is 5.75 Å². The Balaban J connectivity index is 2.72. The molecule has 0 saturated carbocycles. The number of rotatable bonds is 3. The predicted octanol–water partition coefficient (Wildman–Crippen LogP) is 1.15. The molecular weight excluding hydrogens is 184 g/mol. The van der Waals surface area contributed by atoms with Crippen LogP contribution in [0.15, 0.2) is 23.1 Å². The van der Waals surface area contributed by atoms with Gasteiger partial charge in [0.1, 0.15) is 0 Å². The maximum absolute atomic E-state index is 10.5. The van der Waals surface area contributed by atoms with Crippen molar-refractivity contribution in [2.45, 2.75) is 11.8 Å². The quantitative estimate of drug-likeness (QED) is 0.563. The van der Waals surface area contributed by atoms with Gasteiger partial charge in [0.2, 0.25) is 5.91 Å². The van der Waals surface area contributed by atoms with Crippen molar-refractivity contribution in [3.05, 3.63) is 23.8 Å². The Bertz CT molecular complexity index is 325.